The first-order chi connectivity index (χ1) is 11.2. The molecule has 23 heavy (non-hydrogen) atoms. The first-order valence-corrected chi connectivity index (χ1v) is 7.24. The normalized spacial score (nSPS) is 10.3. The standard InChI is InChI=1S/C19H15NO3/c21-20(22)18-8-4-5-15(13-18)14-23-19-11-9-17(10-12-19)16-6-2-1-3-7-16/h1-13H,14H2. The molecule has 114 valence electrons. The Kier molecular flexibility index (Phi) is 4.34. The van der Waals surface area contributed by atoms with Crippen molar-refractivity contribution in [1.29, 1.82) is 0 Å². The third-order valence-corrected chi connectivity index (χ3v) is 3.49. The molecule has 0 amide bonds. The van der Waals surface area contributed by atoms with E-state index in [1.54, 1.807) is 6.07 Å². The fourth-order valence-electron chi connectivity index (χ4n) is 2.30. The molecule has 4 nitrogen and oxygen atoms in total. The molecule has 0 heterocycles. The van der Waals surface area contributed by atoms with E-state index in [1.165, 1.54) is 12.1 Å². The molecule has 0 aromatic heterocycles. The van der Waals surface area contributed by atoms with Crippen molar-refractivity contribution >= 4 is 5.69 Å². The van der Waals surface area contributed by atoms with E-state index in [2.05, 4.69) is 12.1 Å². The number of hydrogen-bond acceptors (Lipinski definition) is 3. The number of ether oxygens (including phenoxy) is 1. The van der Waals surface area contributed by atoms with E-state index < -0.39 is 4.92 Å². The summed E-state index contributed by atoms with van der Waals surface area (Å²) >= 11 is 0. The maximum atomic E-state index is 10.8. The van der Waals surface area contributed by atoms with E-state index in [1.807, 2.05) is 48.5 Å². The van der Waals surface area contributed by atoms with Gasteiger partial charge in [0.1, 0.15) is 12.4 Å². The summed E-state index contributed by atoms with van der Waals surface area (Å²) in [4.78, 5) is 10.4. The molecule has 0 radical (unpaired) electrons. The minimum Gasteiger partial charge on any atom is -0.489 e. The Morgan fingerprint density at radius 3 is 2.22 bits per heavy atom. The zero-order chi connectivity index (χ0) is 16.1. The van der Waals surface area contributed by atoms with Gasteiger partial charge in [0.2, 0.25) is 0 Å². The fourth-order valence-corrected chi connectivity index (χ4v) is 2.30. The zero-order valence-electron chi connectivity index (χ0n) is 12.4. The summed E-state index contributed by atoms with van der Waals surface area (Å²) in [5, 5.41) is 10.8. The highest BCUT2D eigenvalue weighted by Crippen LogP contribution is 2.23. The first-order valence-electron chi connectivity index (χ1n) is 7.24. The van der Waals surface area contributed by atoms with Gasteiger partial charge >= 0.3 is 0 Å². The van der Waals surface area contributed by atoms with Gasteiger partial charge in [-0.1, -0.05) is 54.6 Å². The second-order valence-electron chi connectivity index (χ2n) is 5.11. The lowest BCUT2D eigenvalue weighted by Crippen LogP contribution is -1.96. The number of nitro benzene ring substituents is 1. The van der Waals surface area contributed by atoms with Crippen LogP contribution in [0.1, 0.15) is 5.56 Å². The maximum Gasteiger partial charge on any atom is 0.269 e. The summed E-state index contributed by atoms with van der Waals surface area (Å²) in [6.07, 6.45) is 0. The summed E-state index contributed by atoms with van der Waals surface area (Å²) in [5.41, 5.74) is 3.11. The minimum atomic E-state index is -0.405. The lowest BCUT2D eigenvalue weighted by molar-refractivity contribution is -0.384. The maximum absolute atomic E-state index is 10.8. The molecular weight excluding hydrogens is 290 g/mol. The summed E-state index contributed by atoms with van der Waals surface area (Å²) in [5.74, 6) is 0.733. The molecule has 0 atom stereocenters. The molecule has 3 rings (SSSR count). The Labute approximate surface area is 134 Å². The molecule has 0 aliphatic carbocycles. The van der Waals surface area contributed by atoms with E-state index in [-0.39, 0.29) is 5.69 Å². The van der Waals surface area contributed by atoms with Crippen molar-refractivity contribution in [2.45, 2.75) is 6.61 Å². The van der Waals surface area contributed by atoms with Gasteiger partial charge in [-0.3, -0.25) is 10.1 Å². The topological polar surface area (TPSA) is 52.4 Å². The van der Waals surface area contributed by atoms with Crippen LogP contribution in [0.25, 0.3) is 11.1 Å². The van der Waals surface area contributed by atoms with E-state index in [9.17, 15) is 10.1 Å². The van der Waals surface area contributed by atoms with Crippen LogP contribution in [0.5, 0.6) is 5.75 Å². The molecule has 0 unspecified atom stereocenters. The lowest BCUT2D eigenvalue weighted by Gasteiger charge is -2.07. The van der Waals surface area contributed by atoms with E-state index in [0.29, 0.717) is 6.61 Å². The van der Waals surface area contributed by atoms with Gasteiger partial charge < -0.3 is 4.74 Å². The predicted octanol–water partition coefficient (Wildman–Crippen LogP) is 4.84. The number of non-ortho nitro benzene ring substituents is 1. The van der Waals surface area contributed by atoms with Crippen molar-refractivity contribution in [2.24, 2.45) is 0 Å². The van der Waals surface area contributed by atoms with Crippen molar-refractivity contribution in [3.05, 3.63) is 94.5 Å². The molecule has 0 fully saturated rings. The highest BCUT2D eigenvalue weighted by atomic mass is 16.6. The van der Waals surface area contributed by atoms with Gasteiger partial charge in [0.15, 0.2) is 0 Å². The molecule has 0 aliphatic heterocycles. The molecule has 0 aliphatic rings. The highest BCUT2D eigenvalue weighted by molar-refractivity contribution is 5.63. The van der Waals surface area contributed by atoms with Crippen LogP contribution in [0.4, 0.5) is 5.69 Å². The predicted molar refractivity (Wildman–Crippen MR) is 89.3 cm³/mol. The van der Waals surface area contributed by atoms with Crippen LogP contribution < -0.4 is 4.74 Å². The Hall–Kier alpha value is -3.14. The molecular formula is C19H15NO3. The largest absolute Gasteiger partial charge is 0.489 e. The minimum absolute atomic E-state index is 0.0746. The van der Waals surface area contributed by atoms with Crippen molar-refractivity contribution in [2.75, 3.05) is 0 Å². The molecule has 0 saturated carbocycles. The van der Waals surface area contributed by atoms with Crippen LogP contribution >= 0.6 is 0 Å². The van der Waals surface area contributed by atoms with E-state index in [4.69, 9.17) is 4.74 Å². The van der Waals surface area contributed by atoms with Crippen LogP contribution in [0, 0.1) is 10.1 Å². The average molecular weight is 305 g/mol. The quantitative estimate of drug-likeness (QED) is 0.500. The van der Waals surface area contributed by atoms with Gasteiger partial charge in [-0.05, 0) is 28.8 Å². The lowest BCUT2D eigenvalue weighted by atomic mass is 10.1. The van der Waals surface area contributed by atoms with Gasteiger partial charge in [-0.15, -0.1) is 0 Å². The van der Waals surface area contributed by atoms with Crippen molar-refractivity contribution in [1.82, 2.24) is 0 Å². The van der Waals surface area contributed by atoms with Crippen molar-refractivity contribution < 1.29 is 9.66 Å². The average Bonchev–Trinajstić information content (AvgIpc) is 2.61. The first kappa shape index (κ1) is 14.8. The number of hydrogen-bond donors (Lipinski definition) is 0. The monoisotopic (exact) mass is 305 g/mol. The smallest absolute Gasteiger partial charge is 0.269 e. The van der Waals surface area contributed by atoms with Gasteiger partial charge in [-0.2, -0.15) is 0 Å². The molecule has 3 aromatic rings. The number of nitro groups is 1. The molecule has 4 heteroatoms. The molecule has 3 aromatic carbocycles. The third-order valence-electron chi connectivity index (χ3n) is 3.49. The molecule has 0 saturated heterocycles. The van der Waals surface area contributed by atoms with Crippen LogP contribution in [-0.2, 0) is 6.61 Å². The highest BCUT2D eigenvalue weighted by Gasteiger charge is 2.06. The summed E-state index contributed by atoms with van der Waals surface area (Å²) in [7, 11) is 0. The molecule has 0 bridgehead atoms. The van der Waals surface area contributed by atoms with Crippen LogP contribution in [0.3, 0.4) is 0 Å². The van der Waals surface area contributed by atoms with Gasteiger partial charge in [-0.25, -0.2) is 0 Å². The van der Waals surface area contributed by atoms with Crippen LogP contribution in [0.15, 0.2) is 78.9 Å². The Balaban J connectivity index is 1.67. The second kappa shape index (κ2) is 6.75. The van der Waals surface area contributed by atoms with Gasteiger partial charge in [0.05, 0.1) is 4.92 Å². The Morgan fingerprint density at radius 1 is 0.826 bits per heavy atom. The number of nitrogens with zero attached hydrogens (tertiary/aromatic N) is 1. The molecule has 0 N–H and O–H groups in total. The number of benzene rings is 3. The second-order valence-corrected chi connectivity index (χ2v) is 5.11. The summed E-state index contributed by atoms with van der Waals surface area (Å²) < 4.78 is 5.70. The van der Waals surface area contributed by atoms with E-state index in [0.717, 1.165) is 22.4 Å². The summed E-state index contributed by atoms with van der Waals surface area (Å²) in [6, 6.07) is 24.4. The van der Waals surface area contributed by atoms with Crippen LogP contribution in [0.2, 0.25) is 0 Å². The number of rotatable bonds is 5. The molecule has 0 spiro atoms. The summed E-state index contributed by atoms with van der Waals surface area (Å²) in [6.45, 7) is 0.298. The zero-order valence-corrected chi connectivity index (χ0v) is 12.4. The Morgan fingerprint density at radius 2 is 1.52 bits per heavy atom. The fraction of sp³-hybridized carbons (Fsp3) is 0.0526. The van der Waals surface area contributed by atoms with Gasteiger partial charge in [0, 0.05) is 12.1 Å². The Bertz CT molecular complexity index is 798. The van der Waals surface area contributed by atoms with Gasteiger partial charge in [0.25, 0.3) is 5.69 Å². The SMILES string of the molecule is O=[N+]([O-])c1cccc(COc2ccc(-c3ccccc3)cc2)c1. The van der Waals surface area contributed by atoms with Crippen molar-refractivity contribution in [3.63, 3.8) is 0 Å². The van der Waals surface area contributed by atoms with E-state index >= 15 is 0 Å². The third kappa shape index (κ3) is 3.74. The van der Waals surface area contributed by atoms with Crippen LogP contribution in [-0.4, -0.2) is 4.92 Å². The van der Waals surface area contributed by atoms with Crippen molar-refractivity contribution in [3.8, 4) is 16.9 Å².